The number of likely N-dealkylation sites (tertiary alicyclic amines) is 1. The molecule has 3 N–H and O–H groups in total. The molecule has 1 unspecified atom stereocenters. The number of methoxy groups -OCH3 is 2. The molecule has 0 aliphatic carbocycles. The van der Waals surface area contributed by atoms with E-state index in [2.05, 4.69) is 10.1 Å². The molecule has 0 spiro atoms. The van der Waals surface area contributed by atoms with E-state index in [0.717, 1.165) is 18.7 Å². The number of halogens is 2. The molecule has 9 heteroatoms. The normalized spacial score (nSPS) is 15.9. The number of rotatable bonds is 9. The second-order valence-electron chi connectivity index (χ2n) is 6.26. The SMILES string of the molecule is COc1ccc(C/C(N)=N/OCC(O)CN2CCCCC2)cc1OC.Cl.Cl. The molecule has 0 aromatic heterocycles. The summed E-state index contributed by atoms with van der Waals surface area (Å²) in [4.78, 5) is 7.46. The molecule has 0 saturated carbocycles. The largest absolute Gasteiger partial charge is 0.493 e. The zero-order valence-electron chi connectivity index (χ0n) is 15.9. The van der Waals surface area contributed by atoms with E-state index in [1.807, 2.05) is 18.2 Å². The molecule has 0 radical (unpaired) electrons. The van der Waals surface area contributed by atoms with Crippen molar-refractivity contribution in [3.05, 3.63) is 23.8 Å². The number of amidine groups is 1. The third-order valence-electron chi connectivity index (χ3n) is 4.20. The van der Waals surface area contributed by atoms with Gasteiger partial charge in [-0.1, -0.05) is 17.6 Å². The average molecular weight is 424 g/mol. The number of β-amino-alcohol motifs (C(OH)–C–C–N with tert-alkyl or cyclic N) is 1. The number of nitrogens with zero attached hydrogens (tertiary/aromatic N) is 2. The zero-order valence-corrected chi connectivity index (χ0v) is 17.6. The lowest BCUT2D eigenvalue weighted by Gasteiger charge is -2.27. The number of aliphatic hydroxyl groups excluding tert-OH is 1. The summed E-state index contributed by atoms with van der Waals surface area (Å²) < 4.78 is 10.5. The minimum Gasteiger partial charge on any atom is -0.493 e. The topological polar surface area (TPSA) is 89.5 Å². The summed E-state index contributed by atoms with van der Waals surface area (Å²) in [7, 11) is 3.18. The van der Waals surface area contributed by atoms with Crippen molar-refractivity contribution in [2.24, 2.45) is 10.9 Å². The zero-order chi connectivity index (χ0) is 18.1. The quantitative estimate of drug-likeness (QED) is 0.359. The summed E-state index contributed by atoms with van der Waals surface area (Å²) in [6, 6.07) is 5.58. The highest BCUT2D eigenvalue weighted by Crippen LogP contribution is 2.27. The van der Waals surface area contributed by atoms with Gasteiger partial charge in [-0.3, -0.25) is 0 Å². The first-order valence-corrected chi connectivity index (χ1v) is 8.68. The van der Waals surface area contributed by atoms with Crippen LogP contribution in [0.5, 0.6) is 11.5 Å². The van der Waals surface area contributed by atoms with Crippen LogP contribution in [0.3, 0.4) is 0 Å². The third-order valence-corrected chi connectivity index (χ3v) is 4.20. The van der Waals surface area contributed by atoms with Crippen LogP contribution in [0.4, 0.5) is 0 Å². The van der Waals surface area contributed by atoms with Crippen molar-refractivity contribution in [1.82, 2.24) is 4.90 Å². The Hall–Kier alpha value is -1.41. The monoisotopic (exact) mass is 423 g/mol. The summed E-state index contributed by atoms with van der Waals surface area (Å²) in [6.45, 7) is 2.85. The lowest BCUT2D eigenvalue weighted by molar-refractivity contribution is 0.0155. The van der Waals surface area contributed by atoms with Crippen LogP contribution < -0.4 is 15.2 Å². The van der Waals surface area contributed by atoms with Gasteiger partial charge in [0, 0.05) is 13.0 Å². The van der Waals surface area contributed by atoms with E-state index in [1.54, 1.807) is 14.2 Å². The van der Waals surface area contributed by atoms with Crippen molar-refractivity contribution in [1.29, 1.82) is 0 Å². The molecule has 1 fully saturated rings. The van der Waals surface area contributed by atoms with Crippen molar-refractivity contribution in [3.63, 3.8) is 0 Å². The Kier molecular flexibility index (Phi) is 13.0. The molecule has 27 heavy (non-hydrogen) atoms. The Balaban J connectivity index is 0.00000338. The maximum atomic E-state index is 10.0. The number of oxime groups is 1. The van der Waals surface area contributed by atoms with Gasteiger partial charge in [-0.2, -0.15) is 0 Å². The fourth-order valence-electron chi connectivity index (χ4n) is 2.93. The van der Waals surface area contributed by atoms with Gasteiger partial charge in [-0.05, 0) is 43.6 Å². The fraction of sp³-hybridized carbons (Fsp3) is 0.611. The van der Waals surface area contributed by atoms with Crippen molar-refractivity contribution >= 4 is 30.6 Å². The molecule has 1 aliphatic heterocycles. The molecule has 1 atom stereocenters. The molecular formula is C18H31Cl2N3O4. The number of piperidine rings is 1. The molecule has 1 saturated heterocycles. The first-order valence-electron chi connectivity index (χ1n) is 8.68. The molecule has 0 amide bonds. The molecule has 1 heterocycles. The lowest BCUT2D eigenvalue weighted by atomic mass is 10.1. The molecule has 2 rings (SSSR count). The Morgan fingerprint density at radius 2 is 1.81 bits per heavy atom. The van der Waals surface area contributed by atoms with E-state index in [1.165, 1.54) is 19.3 Å². The Labute approximate surface area is 173 Å². The Morgan fingerprint density at radius 1 is 1.15 bits per heavy atom. The van der Waals surface area contributed by atoms with Crippen LogP contribution in [0.25, 0.3) is 0 Å². The standard InChI is InChI=1S/C18H29N3O4.2ClH/c1-23-16-7-6-14(10-17(16)24-2)11-18(19)20-25-13-15(22)12-21-8-4-3-5-9-21;;/h6-7,10,15,22H,3-5,8-9,11-13H2,1-2H3,(H2,19,20);2*1H. The number of hydrogen-bond acceptors (Lipinski definition) is 6. The van der Waals surface area contributed by atoms with Crippen molar-refractivity contribution in [2.45, 2.75) is 31.8 Å². The first-order chi connectivity index (χ1) is 12.1. The van der Waals surface area contributed by atoms with Crippen LogP contribution in [0, 0.1) is 0 Å². The fourth-order valence-corrected chi connectivity index (χ4v) is 2.93. The second-order valence-corrected chi connectivity index (χ2v) is 6.26. The van der Waals surface area contributed by atoms with Crippen LogP contribution in [0.2, 0.25) is 0 Å². The summed E-state index contributed by atoms with van der Waals surface area (Å²) in [5.41, 5.74) is 6.84. The van der Waals surface area contributed by atoms with Crippen LogP contribution in [-0.4, -0.2) is 62.4 Å². The van der Waals surface area contributed by atoms with Crippen molar-refractivity contribution in [3.8, 4) is 11.5 Å². The summed E-state index contributed by atoms with van der Waals surface area (Å²) in [6.07, 6.45) is 3.55. The highest BCUT2D eigenvalue weighted by Gasteiger charge is 2.15. The predicted octanol–water partition coefficient (Wildman–Crippen LogP) is 2.23. The molecule has 1 aromatic carbocycles. The van der Waals surface area contributed by atoms with Crippen LogP contribution >= 0.6 is 24.8 Å². The summed E-state index contributed by atoms with van der Waals surface area (Å²) in [5.74, 6) is 1.65. The van der Waals surface area contributed by atoms with E-state index in [4.69, 9.17) is 20.0 Å². The van der Waals surface area contributed by atoms with Gasteiger partial charge in [0.15, 0.2) is 11.5 Å². The highest BCUT2D eigenvalue weighted by atomic mass is 35.5. The average Bonchev–Trinajstić information content (AvgIpc) is 2.62. The minimum absolute atomic E-state index is 0. The Morgan fingerprint density at radius 3 is 2.44 bits per heavy atom. The number of aliphatic hydroxyl groups is 1. The van der Waals surface area contributed by atoms with E-state index >= 15 is 0 Å². The molecule has 1 aromatic rings. The molecule has 156 valence electrons. The van der Waals surface area contributed by atoms with Gasteiger partial charge in [0.05, 0.1) is 14.2 Å². The Bertz CT molecular complexity index is 570. The number of benzene rings is 1. The van der Waals surface area contributed by atoms with Gasteiger partial charge in [-0.25, -0.2) is 0 Å². The molecule has 0 bridgehead atoms. The van der Waals surface area contributed by atoms with Crippen molar-refractivity contribution < 1.29 is 19.4 Å². The van der Waals surface area contributed by atoms with Crippen molar-refractivity contribution in [2.75, 3.05) is 40.5 Å². The number of nitrogens with two attached hydrogens (primary N) is 1. The minimum atomic E-state index is -0.560. The van der Waals surface area contributed by atoms with Gasteiger partial charge >= 0.3 is 0 Å². The molecule has 7 nitrogen and oxygen atoms in total. The highest BCUT2D eigenvalue weighted by molar-refractivity contribution is 5.85. The summed E-state index contributed by atoms with van der Waals surface area (Å²) in [5, 5.41) is 13.9. The second kappa shape index (κ2) is 13.7. The van der Waals surface area contributed by atoms with Crippen LogP contribution in [-0.2, 0) is 11.3 Å². The van der Waals surface area contributed by atoms with Gasteiger partial charge in [0.1, 0.15) is 18.5 Å². The summed E-state index contributed by atoms with van der Waals surface area (Å²) >= 11 is 0. The van der Waals surface area contributed by atoms with Gasteiger partial charge in [0.25, 0.3) is 0 Å². The maximum absolute atomic E-state index is 10.0. The van der Waals surface area contributed by atoms with Gasteiger partial charge in [-0.15, -0.1) is 24.8 Å². The van der Waals surface area contributed by atoms with E-state index in [9.17, 15) is 5.11 Å². The number of ether oxygens (including phenoxy) is 2. The first kappa shape index (κ1) is 25.6. The van der Waals surface area contributed by atoms with E-state index in [-0.39, 0.29) is 31.4 Å². The third kappa shape index (κ3) is 8.88. The van der Waals surface area contributed by atoms with E-state index in [0.29, 0.717) is 30.3 Å². The van der Waals surface area contributed by atoms with Crippen LogP contribution in [0.1, 0.15) is 24.8 Å². The lowest BCUT2D eigenvalue weighted by Crippen LogP contribution is -2.38. The smallest absolute Gasteiger partial charge is 0.161 e. The molecule has 1 aliphatic rings. The van der Waals surface area contributed by atoms with E-state index < -0.39 is 6.10 Å². The molecular weight excluding hydrogens is 393 g/mol. The maximum Gasteiger partial charge on any atom is 0.161 e. The van der Waals surface area contributed by atoms with Gasteiger partial charge in [0.2, 0.25) is 0 Å². The van der Waals surface area contributed by atoms with Crippen LogP contribution in [0.15, 0.2) is 23.4 Å². The van der Waals surface area contributed by atoms with Gasteiger partial charge < -0.3 is 30.1 Å². The predicted molar refractivity (Wildman–Crippen MR) is 112 cm³/mol. The number of hydrogen-bond donors (Lipinski definition) is 2.